The molecule has 0 spiro atoms. The fraction of sp³-hybridized carbons (Fsp3) is 0.667. The van der Waals surface area contributed by atoms with Crippen molar-refractivity contribution >= 4 is 11.9 Å². The average Bonchev–Trinajstić information content (AvgIpc) is 2.45. The van der Waals surface area contributed by atoms with Crippen molar-refractivity contribution < 1.29 is 18.0 Å². The summed E-state index contributed by atoms with van der Waals surface area (Å²) in [7, 11) is 0. The summed E-state index contributed by atoms with van der Waals surface area (Å²) in [5.74, 6) is -0.344. The number of amides is 1. The lowest BCUT2D eigenvalue weighted by Gasteiger charge is -2.33. The number of rotatable bonds is 2. The topological polar surface area (TPSA) is 58.1 Å². The molecule has 1 aliphatic heterocycles. The number of piperidine rings is 1. The van der Waals surface area contributed by atoms with Crippen LogP contribution in [0.25, 0.3) is 0 Å². The quantitative estimate of drug-likeness (QED) is 0.906. The van der Waals surface area contributed by atoms with Gasteiger partial charge in [0.1, 0.15) is 5.69 Å². The molecule has 1 saturated heterocycles. The Balaban J connectivity index is 2.11. The summed E-state index contributed by atoms with van der Waals surface area (Å²) in [5.41, 5.74) is -1.31. The van der Waals surface area contributed by atoms with Gasteiger partial charge in [0, 0.05) is 24.8 Å². The summed E-state index contributed by atoms with van der Waals surface area (Å²) < 4.78 is 38.3. The number of anilines is 1. The van der Waals surface area contributed by atoms with Crippen LogP contribution in [0, 0.1) is 5.92 Å². The van der Waals surface area contributed by atoms with Gasteiger partial charge in [-0.2, -0.15) is 13.2 Å². The third-order valence-electron chi connectivity index (χ3n) is 3.51. The molecular weight excluding hydrogens is 309 g/mol. The highest BCUT2D eigenvalue weighted by molar-refractivity contribution is 5.80. The standard InChI is InChI=1S/C15H21F3N4O/c1-14(2,3)21-12(23)10-5-4-8-22(9-10)13-19-7-6-11(20-13)15(16,17)18/h6-7,10H,4-5,8-9H2,1-3H3,(H,21,23). The molecule has 1 aromatic rings. The zero-order valence-corrected chi connectivity index (χ0v) is 13.4. The molecule has 8 heteroatoms. The highest BCUT2D eigenvalue weighted by atomic mass is 19.4. The molecule has 0 bridgehead atoms. The van der Waals surface area contributed by atoms with Crippen LogP contribution < -0.4 is 10.2 Å². The van der Waals surface area contributed by atoms with E-state index in [1.54, 1.807) is 4.90 Å². The lowest BCUT2D eigenvalue weighted by atomic mass is 9.96. The molecule has 0 aromatic carbocycles. The van der Waals surface area contributed by atoms with Gasteiger partial charge in [0.2, 0.25) is 11.9 Å². The Morgan fingerprint density at radius 2 is 2.04 bits per heavy atom. The molecule has 1 atom stereocenters. The first-order chi connectivity index (χ1) is 10.6. The van der Waals surface area contributed by atoms with Gasteiger partial charge in [-0.05, 0) is 39.7 Å². The molecule has 1 N–H and O–H groups in total. The number of nitrogens with zero attached hydrogens (tertiary/aromatic N) is 3. The molecule has 1 aliphatic rings. The SMILES string of the molecule is CC(C)(C)NC(=O)C1CCCN(c2nccc(C(F)(F)F)n2)C1. The van der Waals surface area contributed by atoms with Crippen LogP contribution in [-0.2, 0) is 11.0 Å². The monoisotopic (exact) mass is 330 g/mol. The lowest BCUT2D eigenvalue weighted by molar-refractivity contribution is -0.141. The number of hydrogen-bond acceptors (Lipinski definition) is 4. The maximum absolute atomic E-state index is 12.8. The van der Waals surface area contributed by atoms with Crippen LogP contribution in [0.4, 0.5) is 19.1 Å². The fourth-order valence-corrected chi connectivity index (χ4v) is 2.50. The second-order valence-electron chi connectivity index (χ2n) is 6.76. The molecule has 1 amide bonds. The number of aromatic nitrogens is 2. The van der Waals surface area contributed by atoms with Crippen LogP contribution in [0.15, 0.2) is 12.3 Å². The molecule has 1 aromatic heterocycles. The number of alkyl halides is 3. The van der Waals surface area contributed by atoms with Crippen molar-refractivity contribution in [3.63, 3.8) is 0 Å². The number of carbonyl (C=O) groups excluding carboxylic acids is 1. The lowest BCUT2D eigenvalue weighted by Crippen LogP contribution is -2.49. The molecule has 2 rings (SSSR count). The summed E-state index contributed by atoms with van der Waals surface area (Å²) >= 11 is 0. The molecule has 1 fully saturated rings. The Kier molecular flexibility index (Phi) is 4.81. The summed E-state index contributed by atoms with van der Waals surface area (Å²) in [6.45, 7) is 6.54. The molecule has 23 heavy (non-hydrogen) atoms. The van der Waals surface area contributed by atoms with E-state index in [2.05, 4.69) is 15.3 Å². The normalized spacial score (nSPS) is 19.6. The van der Waals surface area contributed by atoms with Crippen molar-refractivity contribution in [2.24, 2.45) is 5.92 Å². The van der Waals surface area contributed by atoms with Gasteiger partial charge in [-0.25, -0.2) is 9.97 Å². The summed E-state index contributed by atoms with van der Waals surface area (Å²) in [5, 5.41) is 2.91. The number of carbonyl (C=O) groups is 1. The van der Waals surface area contributed by atoms with E-state index < -0.39 is 11.9 Å². The maximum Gasteiger partial charge on any atom is 0.433 e. The zero-order chi connectivity index (χ0) is 17.3. The second kappa shape index (κ2) is 6.33. The van der Waals surface area contributed by atoms with E-state index in [0.29, 0.717) is 25.9 Å². The highest BCUT2D eigenvalue weighted by Gasteiger charge is 2.34. The average molecular weight is 330 g/mol. The molecule has 5 nitrogen and oxygen atoms in total. The second-order valence-corrected chi connectivity index (χ2v) is 6.76. The van der Waals surface area contributed by atoms with Crippen molar-refractivity contribution in [1.29, 1.82) is 0 Å². The largest absolute Gasteiger partial charge is 0.433 e. The predicted octanol–water partition coefficient (Wildman–Crippen LogP) is 2.63. The van der Waals surface area contributed by atoms with Crippen LogP contribution >= 0.6 is 0 Å². The summed E-state index contributed by atoms with van der Waals surface area (Å²) in [6, 6.07) is 0.844. The van der Waals surface area contributed by atoms with Gasteiger partial charge in [-0.3, -0.25) is 4.79 Å². The van der Waals surface area contributed by atoms with E-state index in [0.717, 1.165) is 12.3 Å². The first-order valence-electron chi connectivity index (χ1n) is 7.53. The fourth-order valence-electron chi connectivity index (χ4n) is 2.50. The Labute approximate surface area is 133 Å². The number of hydrogen-bond donors (Lipinski definition) is 1. The smallest absolute Gasteiger partial charge is 0.351 e. The van der Waals surface area contributed by atoms with E-state index in [9.17, 15) is 18.0 Å². The minimum atomic E-state index is -4.50. The highest BCUT2D eigenvalue weighted by Crippen LogP contribution is 2.29. The first kappa shape index (κ1) is 17.5. The van der Waals surface area contributed by atoms with Crippen LogP contribution in [0.2, 0.25) is 0 Å². The third kappa shape index (κ3) is 4.80. The Morgan fingerprint density at radius 3 is 2.65 bits per heavy atom. The van der Waals surface area contributed by atoms with Crippen LogP contribution in [-0.4, -0.2) is 34.5 Å². The minimum Gasteiger partial charge on any atom is -0.351 e. The molecule has 0 aliphatic carbocycles. The van der Waals surface area contributed by atoms with E-state index in [1.807, 2.05) is 20.8 Å². The van der Waals surface area contributed by atoms with Crippen molar-refractivity contribution in [2.75, 3.05) is 18.0 Å². The van der Waals surface area contributed by atoms with E-state index >= 15 is 0 Å². The molecule has 0 radical (unpaired) electrons. The Hall–Kier alpha value is -1.86. The van der Waals surface area contributed by atoms with Crippen molar-refractivity contribution in [3.05, 3.63) is 18.0 Å². The van der Waals surface area contributed by atoms with Gasteiger partial charge >= 0.3 is 6.18 Å². The van der Waals surface area contributed by atoms with Gasteiger partial charge in [0.25, 0.3) is 0 Å². The Morgan fingerprint density at radius 1 is 1.35 bits per heavy atom. The van der Waals surface area contributed by atoms with Gasteiger partial charge < -0.3 is 10.2 Å². The van der Waals surface area contributed by atoms with E-state index in [4.69, 9.17) is 0 Å². The summed E-state index contributed by atoms with van der Waals surface area (Å²) in [4.78, 5) is 21.4. The molecule has 128 valence electrons. The molecular formula is C15H21F3N4O. The predicted molar refractivity (Wildman–Crippen MR) is 79.9 cm³/mol. The first-order valence-corrected chi connectivity index (χ1v) is 7.53. The van der Waals surface area contributed by atoms with Crippen molar-refractivity contribution in [3.8, 4) is 0 Å². The van der Waals surface area contributed by atoms with Crippen LogP contribution in [0.1, 0.15) is 39.3 Å². The maximum atomic E-state index is 12.8. The Bertz CT molecular complexity index is 569. The minimum absolute atomic E-state index is 0.0214. The third-order valence-corrected chi connectivity index (χ3v) is 3.51. The molecule has 1 unspecified atom stereocenters. The van der Waals surface area contributed by atoms with E-state index in [-0.39, 0.29) is 23.3 Å². The van der Waals surface area contributed by atoms with Crippen molar-refractivity contribution in [1.82, 2.24) is 15.3 Å². The van der Waals surface area contributed by atoms with Gasteiger partial charge in [0.05, 0.1) is 5.92 Å². The van der Waals surface area contributed by atoms with Crippen LogP contribution in [0.5, 0.6) is 0 Å². The number of nitrogens with one attached hydrogen (secondary N) is 1. The van der Waals surface area contributed by atoms with Gasteiger partial charge in [0.15, 0.2) is 0 Å². The van der Waals surface area contributed by atoms with Gasteiger partial charge in [-0.15, -0.1) is 0 Å². The van der Waals surface area contributed by atoms with Gasteiger partial charge in [-0.1, -0.05) is 0 Å². The van der Waals surface area contributed by atoms with E-state index in [1.165, 1.54) is 0 Å². The zero-order valence-electron chi connectivity index (χ0n) is 13.4. The van der Waals surface area contributed by atoms with Crippen molar-refractivity contribution in [2.45, 2.75) is 45.3 Å². The molecule has 0 saturated carbocycles. The number of halogens is 3. The van der Waals surface area contributed by atoms with Crippen LogP contribution in [0.3, 0.4) is 0 Å². The molecule has 2 heterocycles. The summed E-state index contributed by atoms with van der Waals surface area (Å²) in [6.07, 6.45) is -1.99.